The highest BCUT2D eigenvalue weighted by Gasteiger charge is 2.36. The summed E-state index contributed by atoms with van der Waals surface area (Å²) in [7, 11) is 0. The molecule has 2 heterocycles. The summed E-state index contributed by atoms with van der Waals surface area (Å²) in [6, 6.07) is 13.8. The predicted octanol–water partition coefficient (Wildman–Crippen LogP) is 2.76. The highest BCUT2D eigenvalue weighted by Crippen LogP contribution is 2.33. The van der Waals surface area contributed by atoms with E-state index in [0.717, 1.165) is 33.3 Å². The van der Waals surface area contributed by atoms with Crippen LogP contribution >= 0.6 is 0 Å². The molecule has 1 aromatic heterocycles. The summed E-state index contributed by atoms with van der Waals surface area (Å²) in [6.07, 6.45) is -0.531. The van der Waals surface area contributed by atoms with E-state index in [1.165, 1.54) is 0 Å². The van der Waals surface area contributed by atoms with E-state index in [9.17, 15) is 10.4 Å². The number of nitrogens with two attached hydrogens (primary N) is 1. The second-order valence-corrected chi connectivity index (χ2v) is 7.97. The van der Waals surface area contributed by atoms with Crippen molar-refractivity contribution in [1.82, 2.24) is 10.2 Å². The van der Waals surface area contributed by atoms with Crippen LogP contribution in [0.15, 0.2) is 36.4 Å². The first-order valence-electron chi connectivity index (χ1n) is 9.55. The predicted molar refractivity (Wildman–Crippen MR) is 114 cm³/mol. The molecule has 7 heteroatoms. The summed E-state index contributed by atoms with van der Waals surface area (Å²) in [5.41, 5.74) is 9.93. The molecule has 4 rings (SSSR count). The van der Waals surface area contributed by atoms with Gasteiger partial charge >= 0.3 is 0 Å². The summed E-state index contributed by atoms with van der Waals surface area (Å²) < 4.78 is 0. The highest BCUT2D eigenvalue weighted by molar-refractivity contribution is 5.95. The van der Waals surface area contributed by atoms with Crippen LogP contribution in [0.4, 0.5) is 11.5 Å². The lowest BCUT2D eigenvalue weighted by molar-refractivity contribution is 0.0310. The number of aliphatic hydroxyl groups is 1. The summed E-state index contributed by atoms with van der Waals surface area (Å²) in [4.78, 5) is 2.12. The molecule has 0 unspecified atom stereocenters. The molecular formula is C22H24N6O. The van der Waals surface area contributed by atoms with E-state index in [1.54, 1.807) is 6.07 Å². The van der Waals surface area contributed by atoms with Crippen molar-refractivity contribution in [3.05, 3.63) is 58.8 Å². The molecule has 29 heavy (non-hydrogen) atoms. The fourth-order valence-electron chi connectivity index (χ4n) is 3.87. The third-order valence-corrected chi connectivity index (χ3v) is 5.50. The number of nitrogens with one attached hydrogen (secondary N) is 1. The van der Waals surface area contributed by atoms with Crippen LogP contribution in [0.2, 0.25) is 0 Å². The van der Waals surface area contributed by atoms with E-state index < -0.39 is 11.8 Å². The Morgan fingerprint density at radius 1 is 1.21 bits per heavy atom. The van der Waals surface area contributed by atoms with Gasteiger partial charge in [0.15, 0.2) is 5.82 Å². The molecule has 1 saturated heterocycles. The van der Waals surface area contributed by atoms with E-state index in [-0.39, 0.29) is 0 Å². The zero-order valence-corrected chi connectivity index (χ0v) is 16.8. The molecule has 3 aromatic rings. The normalized spacial score (nSPS) is 16.2. The Bertz CT molecular complexity index is 1130. The van der Waals surface area contributed by atoms with Gasteiger partial charge in [-0.3, -0.25) is 0 Å². The maximum absolute atomic E-state index is 10.1. The smallest absolute Gasteiger partial charge is 0.158 e. The van der Waals surface area contributed by atoms with Gasteiger partial charge < -0.3 is 21.1 Å². The van der Waals surface area contributed by atoms with Gasteiger partial charge in [0.05, 0.1) is 22.9 Å². The number of benzene rings is 2. The molecule has 1 atom stereocenters. The number of aromatic nitrogens is 2. The number of rotatable bonds is 4. The number of hydrogen-bond donors (Lipinski definition) is 3. The second kappa shape index (κ2) is 6.99. The van der Waals surface area contributed by atoms with Crippen LogP contribution in [0.25, 0.3) is 10.8 Å². The van der Waals surface area contributed by atoms with Crippen molar-refractivity contribution in [3.8, 4) is 6.07 Å². The number of nitrogens with zero attached hydrogens (tertiary/aromatic N) is 4. The minimum atomic E-state index is -0.645. The average molecular weight is 388 g/mol. The quantitative estimate of drug-likeness (QED) is 0.589. The largest absolute Gasteiger partial charge is 0.386 e. The van der Waals surface area contributed by atoms with Crippen LogP contribution in [-0.2, 0) is 0 Å². The van der Waals surface area contributed by atoms with Crippen LogP contribution in [-0.4, -0.2) is 34.0 Å². The van der Waals surface area contributed by atoms with Crippen LogP contribution < -0.4 is 16.0 Å². The molecule has 0 aliphatic carbocycles. The molecule has 0 bridgehead atoms. The van der Waals surface area contributed by atoms with Gasteiger partial charge in [0.2, 0.25) is 0 Å². The maximum Gasteiger partial charge on any atom is 0.158 e. The molecule has 1 aliphatic rings. The first-order valence-corrected chi connectivity index (χ1v) is 9.55. The molecule has 4 N–H and O–H groups in total. The Balaban J connectivity index is 1.70. The van der Waals surface area contributed by atoms with Crippen molar-refractivity contribution in [2.75, 3.05) is 23.3 Å². The van der Waals surface area contributed by atoms with E-state index in [2.05, 4.69) is 32.5 Å². The molecule has 0 saturated carbocycles. The summed E-state index contributed by atoms with van der Waals surface area (Å²) >= 11 is 0. The van der Waals surface area contributed by atoms with Crippen molar-refractivity contribution in [3.63, 3.8) is 0 Å². The number of hydrogen-bond acceptors (Lipinski definition) is 7. The van der Waals surface area contributed by atoms with Crippen molar-refractivity contribution in [2.24, 2.45) is 5.73 Å². The molecule has 1 fully saturated rings. The summed E-state index contributed by atoms with van der Waals surface area (Å²) in [5, 5.41) is 33.1. The SMILES string of the molecule is Cc1c(C#N)cccc1[C@@H](N)Nc1nnc(C)c2ccc(N3CC(C)(O)C3)cc12. The topological polar surface area (TPSA) is 111 Å². The maximum atomic E-state index is 10.1. The monoisotopic (exact) mass is 388 g/mol. The molecule has 7 nitrogen and oxygen atoms in total. The van der Waals surface area contributed by atoms with E-state index in [4.69, 9.17) is 5.73 Å². The van der Waals surface area contributed by atoms with Gasteiger partial charge in [0.1, 0.15) is 6.17 Å². The van der Waals surface area contributed by atoms with Gasteiger partial charge in [0, 0.05) is 29.5 Å². The third-order valence-electron chi connectivity index (χ3n) is 5.50. The van der Waals surface area contributed by atoms with Gasteiger partial charge in [0.25, 0.3) is 0 Å². The van der Waals surface area contributed by atoms with Crippen LogP contribution in [0.5, 0.6) is 0 Å². The van der Waals surface area contributed by atoms with Crippen LogP contribution in [0, 0.1) is 25.2 Å². The summed E-state index contributed by atoms with van der Waals surface area (Å²) in [5.74, 6) is 0.592. The van der Waals surface area contributed by atoms with Crippen molar-refractivity contribution < 1.29 is 5.11 Å². The Morgan fingerprint density at radius 3 is 2.66 bits per heavy atom. The number of nitriles is 1. The minimum Gasteiger partial charge on any atom is -0.386 e. The lowest BCUT2D eigenvalue weighted by Gasteiger charge is -2.45. The van der Waals surface area contributed by atoms with Crippen molar-refractivity contribution in [1.29, 1.82) is 5.26 Å². The molecule has 148 valence electrons. The lowest BCUT2D eigenvalue weighted by Crippen LogP contribution is -2.60. The second-order valence-electron chi connectivity index (χ2n) is 7.97. The van der Waals surface area contributed by atoms with Gasteiger partial charge in [-0.1, -0.05) is 18.2 Å². The Labute approximate surface area is 169 Å². The Kier molecular flexibility index (Phi) is 4.61. The average Bonchev–Trinajstić information content (AvgIpc) is 2.68. The number of fused-ring (bicyclic) bond motifs is 1. The van der Waals surface area contributed by atoms with Gasteiger partial charge in [-0.15, -0.1) is 5.10 Å². The lowest BCUT2D eigenvalue weighted by atomic mass is 9.95. The third kappa shape index (κ3) is 3.48. The highest BCUT2D eigenvalue weighted by atomic mass is 16.3. The van der Waals surface area contributed by atoms with Gasteiger partial charge in [-0.05, 0) is 50.1 Å². The Morgan fingerprint density at radius 2 is 1.97 bits per heavy atom. The van der Waals surface area contributed by atoms with E-state index in [0.29, 0.717) is 24.5 Å². The van der Waals surface area contributed by atoms with Crippen LogP contribution in [0.3, 0.4) is 0 Å². The number of β-amino-alcohol motifs (C(OH)–C–C–N with tert-alkyl or cyclic N) is 1. The Hall–Kier alpha value is -3.21. The van der Waals surface area contributed by atoms with E-state index >= 15 is 0 Å². The van der Waals surface area contributed by atoms with E-state index in [1.807, 2.05) is 45.0 Å². The van der Waals surface area contributed by atoms with Crippen LogP contribution in [0.1, 0.15) is 35.5 Å². The molecule has 1 aliphatic heterocycles. The first kappa shape index (κ1) is 19.1. The molecular weight excluding hydrogens is 364 g/mol. The summed E-state index contributed by atoms with van der Waals surface area (Å²) in [6.45, 7) is 6.84. The zero-order chi connectivity index (χ0) is 20.8. The fourth-order valence-corrected chi connectivity index (χ4v) is 3.87. The van der Waals surface area contributed by atoms with Crippen molar-refractivity contribution >= 4 is 22.3 Å². The standard InChI is InChI=1S/C22H24N6O/c1-13-15(10-23)5-4-6-17(13)20(24)25-21-19-9-16(28-11-22(3,29)12-28)7-8-18(19)14(2)26-27-21/h4-9,20,29H,11-12,24H2,1-3H3,(H,25,27)/t20-/m0/s1. The fraction of sp³-hybridized carbons (Fsp3) is 0.318. The zero-order valence-electron chi connectivity index (χ0n) is 16.8. The number of anilines is 2. The van der Waals surface area contributed by atoms with Crippen molar-refractivity contribution in [2.45, 2.75) is 32.5 Å². The van der Waals surface area contributed by atoms with Gasteiger partial charge in [-0.2, -0.15) is 10.4 Å². The molecule has 0 spiro atoms. The minimum absolute atomic E-state index is 0.531. The molecule has 0 amide bonds. The first-order chi connectivity index (χ1) is 13.8. The molecule has 0 radical (unpaired) electrons. The number of aryl methyl sites for hydroxylation is 1. The molecule has 2 aromatic carbocycles. The van der Waals surface area contributed by atoms with Gasteiger partial charge in [-0.25, -0.2) is 0 Å².